The Balaban J connectivity index is 1.53. The summed E-state index contributed by atoms with van der Waals surface area (Å²) in [5.74, 6) is -0.743. The van der Waals surface area contributed by atoms with E-state index in [1.807, 2.05) is 4.90 Å². The van der Waals surface area contributed by atoms with Crippen molar-refractivity contribution in [3.8, 4) is 0 Å². The van der Waals surface area contributed by atoms with Crippen molar-refractivity contribution in [2.75, 3.05) is 19.6 Å². The molecule has 5 nitrogen and oxygen atoms in total. The number of hydrogen-bond acceptors (Lipinski definition) is 3. The number of piperidine rings is 1. The summed E-state index contributed by atoms with van der Waals surface area (Å²) in [4.78, 5) is 26.0. The van der Waals surface area contributed by atoms with Gasteiger partial charge in [-0.2, -0.15) is 0 Å². The first-order valence-electron chi connectivity index (χ1n) is 8.94. The van der Waals surface area contributed by atoms with Crippen LogP contribution in [0.25, 0.3) is 0 Å². The summed E-state index contributed by atoms with van der Waals surface area (Å²) in [5, 5.41) is 12.5. The second-order valence-corrected chi connectivity index (χ2v) is 7.42. The average Bonchev–Trinajstić information content (AvgIpc) is 3.38. The van der Waals surface area contributed by atoms with Gasteiger partial charge in [0.05, 0.1) is 12.0 Å². The highest BCUT2D eigenvalue weighted by Gasteiger charge is 2.46. The summed E-state index contributed by atoms with van der Waals surface area (Å²) in [7, 11) is 0. The summed E-state index contributed by atoms with van der Waals surface area (Å²) < 4.78 is 13.6. The van der Waals surface area contributed by atoms with E-state index in [9.17, 15) is 19.1 Å². The van der Waals surface area contributed by atoms with Crippen molar-refractivity contribution < 1.29 is 19.1 Å². The van der Waals surface area contributed by atoms with Crippen LogP contribution in [-0.2, 0) is 16.1 Å². The Morgan fingerprint density at radius 1 is 1.32 bits per heavy atom. The largest absolute Gasteiger partial charge is 0.481 e. The Bertz CT molecular complexity index is 647. The molecule has 2 fully saturated rings. The molecule has 1 aliphatic heterocycles. The van der Waals surface area contributed by atoms with Gasteiger partial charge in [-0.15, -0.1) is 0 Å². The molecule has 3 rings (SSSR count). The normalized spacial score (nSPS) is 24.0. The maximum atomic E-state index is 13.6. The Hall–Kier alpha value is -1.95. The van der Waals surface area contributed by atoms with Crippen LogP contribution >= 0.6 is 0 Å². The van der Waals surface area contributed by atoms with Gasteiger partial charge in [-0.1, -0.05) is 31.0 Å². The number of carbonyl (C=O) groups is 2. The van der Waals surface area contributed by atoms with E-state index in [-0.39, 0.29) is 24.8 Å². The summed E-state index contributed by atoms with van der Waals surface area (Å²) in [6.45, 7) is 1.46. The van der Waals surface area contributed by atoms with Gasteiger partial charge in [0.1, 0.15) is 5.82 Å². The molecule has 0 unspecified atom stereocenters. The molecule has 0 bridgehead atoms. The first-order valence-corrected chi connectivity index (χ1v) is 8.94. The zero-order valence-corrected chi connectivity index (χ0v) is 14.3. The molecule has 1 atom stereocenters. The third kappa shape index (κ3) is 4.57. The lowest BCUT2D eigenvalue weighted by Crippen LogP contribution is -2.50. The highest BCUT2D eigenvalue weighted by molar-refractivity contribution is 5.78. The number of carboxylic acid groups (broad SMARTS) is 1. The Labute approximate surface area is 147 Å². The molecule has 136 valence electrons. The SMILES string of the molecule is O=C(CN1CCC[C@@](CC2CC2)(C(=O)O)C1)NCc1ccccc1F. The number of amides is 1. The number of likely N-dealkylation sites (tertiary alicyclic amines) is 1. The van der Waals surface area contributed by atoms with Gasteiger partial charge in [0.25, 0.3) is 0 Å². The number of aliphatic carboxylic acids is 1. The molecule has 1 heterocycles. The van der Waals surface area contributed by atoms with Gasteiger partial charge in [-0.05, 0) is 37.8 Å². The molecule has 1 aliphatic carbocycles. The van der Waals surface area contributed by atoms with Gasteiger partial charge in [-0.3, -0.25) is 14.5 Å². The van der Waals surface area contributed by atoms with Crippen LogP contribution in [0.2, 0.25) is 0 Å². The minimum absolute atomic E-state index is 0.144. The van der Waals surface area contributed by atoms with E-state index in [0.717, 1.165) is 32.2 Å². The summed E-state index contributed by atoms with van der Waals surface area (Å²) >= 11 is 0. The molecule has 1 saturated heterocycles. The molecule has 25 heavy (non-hydrogen) atoms. The van der Waals surface area contributed by atoms with Crippen LogP contribution in [0.3, 0.4) is 0 Å². The number of nitrogens with zero attached hydrogens (tertiary/aromatic N) is 1. The molecule has 1 saturated carbocycles. The summed E-state index contributed by atoms with van der Waals surface area (Å²) in [5.41, 5.74) is -0.270. The van der Waals surface area contributed by atoms with Gasteiger partial charge >= 0.3 is 5.97 Å². The van der Waals surface area contributed by atoms with E-state index in [0.29, 0.717) is 24.4 Å². The van der Waals surface area contributed by atoms with Crippen LogP contribution in [0, 0.1) is 17.2 Å². The van der Waals surface area contributed by atoms with Crippen molar-refractivity contribution in [2.45, 2.75) is 38.6 Å². The second-order valence-electron chi connectivity index (χ2n) is 7.42. The van der Waals surface area contributed by atoms with Crippen LogP contribution in [-0.4, -0.2) is 41.5 Å². The van der Waals surface area contributed by atoms with E-state index >= 15 is 0 Å². The van der Waals surface area contributed by atoms with Gasteiger partial charge in [-0.25, -0.2) is 4.39 Å². The zero-order valence-electron chi connectivity index (χ0n) is 14.3. The molecule has 1 amide bonds. The van der Waals surface area contributed by atoms with Crippen molar-refractivity contribution >= 4 is 11.9 Å². The molecule has 1 aromatic carbocycles. The van der Waals surface area contributed by atoms with Crippen molar-refractivity contribution in [2.24, 2.45) is 11.3 Å². The van der Waals surface area contributed by atoms with Gasteiger partial charge in [0, 0.05) is 18.7 Å². The minimum atomic E-state index is -0.740. The topological polar surface area (TPSA) is 69.6 Å². The Morgan fingerprint density at radius 2 is 2.08 bits per heavy atom. The maximum Gasteiger partial charge on any atom is 0.310 e. The predicted octanol–water partition coefficient (Wildman–Crippen LogP) is 2.41. The Morgan fingerprint density at radius 3 is 2.76 bits per heavy atom. The number of carboxylic acids is 1. The number of rotatable bonds is 7. The third-order valence-electron chi connectivity index (χ3n) is 5.29. The first-order chi connectivity index (χ1) is 12.0. The van der Waals surface area contributed by atoms with Crippen molar-refractivity contribution in [3.05, 3.63) is 35.6 Å². The van der Waals surface area contributed by atoms with Crippen LogP contribution in [0.5, 0.6) is 0 Å². The van der Waals surface area contributed by atoms with Crippen LogP contribution < -0.4 is 5.32 Å². The zero-order chi connectivity index (χ0) is 17.9. The average molecular weight is 348 g/mol. The maximum absolute atomic E-state index is 13.6. The third-order valence-corrected chi connectivity index (χ3v) is 5.29. The fraction of sp³-hybridized carbons (Fsp3) is 0.579. The number of hydrogen-bond donors (Lipinski definition) is 2. The molecule has 0 spiro atoms. The van der Waals surface area contributed by atoms with Crippen molar-refractivity contribution in [1.82, 2.24) is 10.2 Å². The number of halogens is 1. The summed E-state index contributed by atoms with van der Waals surface area (Å²) in [6.07, 6.45) is 4.44. The molecule has 0 radical (unpaired) electrons. The lowest BCUT2D eigenvalue weighted by molar-refractivity contribution is -0.154. The molecule has 0 aromatic heterocycles. The highest BCUT2D eigenvalue weighted by Crippen LogP contribution is 2.44. The smallest absolute Gasteiger partial charge is 0.310 e. The fourth-order valence-electron chi connectivity index (χ4n) is 3.76. The van der Waals surface area contributed by atoms with Crippen LogP contribution in [0.15, 0.2) is 24.3 Å². The predicted molar refractivity (Wildman–Crippen MR) is 91.3 cm³/mol. The molecular formula is C19H25FN2O3. The molecular weight excluding hydrogens is 323 g/mol. The fourth-order valence-corrected chi connectivity index (χ4v) is 3.76. The summed E-state index contributed by atoms with van der Waals surface area (Å²) in [6, 6.07) is 6.35. The van der Waals surface area contributed by atoms with E-state index in [4.69, 9.17) is 0 Å². The Kier molecular flexibility index (Phi) is 5.37. The molecule has 2 aliphatic rings. The van der Waals surface area contributed by atoms with E-state index in [1.165, 1.54) is 6.07 Å². The van der Waals surface area contributed by atoms with Gasteiger partial charge < -0.3 is 10.4 Å². The first kappa shape index (κ1) is 17.9. The van der Waals surface area contributed by atoms with Crippen LogP contribution in [0.1, 0.15) is 37.7 Å². The van der Waals surface area contributed by atoms with E-state index in [1.54, 1.807) is 18.2 Å². The highest BCUT2D eigenvalue weighted by atomic mass is 19.1. The monoisotopic (exact) mass is 348 g/mol. The van der Waals surface area contributed by atoms with Gasteiger partial charge in [0.2, 0.25) is 5.91 Å². The van der Waals surface area contributed by atoms with Crippen LogP contribution in [0.4, 0.5) is 4.39 Å². The van der Waals surface area contributed by atoms with Crippen molar-refractivity contribution in [1.29, 1.82) is 0 Å². The van der Waals surface area contributed by atoms with E-state index in [2.05, 4.69) is 5.32 Å². The molecule has 1 aromatic rings. The van der Waals surface area contributed by atoms with Gasteiger partial charge in [0.15, 0.2) is 0 Å². The lowest BCUT2D eigenvalue weighted by atomic mass is 9.75. The standard InChI is InChI=1S/C19H25FN2O3/c20-16-5-2-1-4-15(16)11-21-17(23)12-22-9-3-8-19(13-22,18(24)25)10-14-6-7-14/h1-2,4-5,14H,3,6-13H2,(H,21,23)(H,24,25)/t19-/m0/s1. The second kappa shape index (κ2) is 7.52. The number of nitrogens with one attached hydrogen (secondary N) is 1. The number of carbonyl (C=O) groups excluding carboxylic acids is 1. The minimum Gasteiger partial charge on any atom is -0.481 e. The van der Waals surface area contributed by atoms with E-state index < -0.39 is 11.4 Å². The quantitative estimate of drug-likeness (QED) is 0.794. The molecule has 6 heteroatoms. The van der Waals surface area contributed by atoms with Crippen molar-refractivity contribution in [3.63, 3.8) is 0 Å². The molecule has 2 N–H and O–H groups in total. The lowest BCUT2D eigenvalue weighted by Gasteiger charge is -2.39. The number of benzene rings is 1.